The molecule has 1 aromatic rings. The van der Waals surface area contributed by atoms with Crippen molar-refractivity contribution in [2.24, 2.45) is 16.8 Å². The maximum absolute atomic E-state index is 13.0. The Morgan fingerprint density at radius 2 is 1.88 bits per heavy atom. The summed E-state index contributed by atoms with van der Waals surface area (Å²) < 4.78 is 44.0. The van der Waals surface area contributed by atoms with Crippen molar-refractivity contribution in [2.75, 3.05) is 32.8 Å². The molecule has 1 saturated heterocycles. The molecule has 178 valence electrons. The predicted molar refractivity (Wildman–Crippen MR) is 120 cm³/mol. The van der Waals surface area contributed by atoms with E-state index >= 15 is 0 Å². The van der Waals surface area contributed by atoms with Crippen LogP contribution in [0.25, 0.3) is 0 Å². The van der Waals surface area contributed by atoms with Crippen molar-refractivity contribution in [2.45, 2.75) is 64.0 Å². The number of rotatable bonds is 8. The maximum Gasteiger partial charge on any atom is 0.416 e. The fraction of sp³-hybridized carbons (Fsp3) is 0.680. The highest BCUT2D eigenvalue weighted by molar-refractivity contribution is 5.86. The zero-order chi connectivity index (χ0) is 23.0. The fourth-order valence-corrected chi connectivity index (χ4v) is 4.87. The molecule has 0 atom stereocenters. The molecule has 2 aliphatic rings. The quantitative estimate of drug-likeness (QED) is 0.474. The van der Waals surface area contributed by atoms with Crippen LogP contribution < -0.4 is 0 Å². The molecule has 1 saturated carbocycles. The molecule has 0 bridgehead atoms. The number of ether oxygens (including phenoxy) is 1. The van der Waals surface area contributed by atoms with Gasteiger partial charge in [0.15, 0.2) is 0 Å². The number of hydrogen-bond donors (Lipinski definition) is 0. The van der Waals surface area contributed by atoms with Gasteiger partial charge in [0.05, 0.1) is 5.56 Å². The summed E-state index contributed by atoms with van der Waals surface area (Å²) in [5.74, 6) is 1.11. The van der Waals surface area contributed by atoms with Crippen LogP contribution in [0.4, 0.5) is 13.2 Å². The van der Waals surface area contributed by atoms with Crippen LogP contribution in [-0.4, -0.2) is 49.9 Å². The van der Waals surface area contributed by atoms with Crippen LogP contribution in [0.15, 0.2) is 29.3 Å². The predicted octanol–water partition coefficient (Wildman–Crippen LogP) is 5.72. The molecule has 1 amide bonds. The van der Waals surface area contributed by atoms with E-state index in [-0.39, 0.29) is 18.4 Å². The minimum absolute atomic E-state index is 0.0623. The monoisotopic (exact) mass is 452 g/mol. The lowest BCUT2D eigenvalue weighted by Gasteiger charge is -2.34. The standard InChI is InChI=1S/C25H35F3N2O2/c1-2-32-18-24(31)29-17-20-8-6-19(7-9-20)10-13-30-14-11-21(12-15-30)22-4-3-5-23(16-22)25(26,27)28/h3-5,16-17,19-21H,2,6-15,18H2,1H3. The summed E-state index contributed by atoms with van der Waals surface area (Å²) in [6.45, 7) is 5.40. The molecule has 32 heavy (non-hydrogen) atoms. The second-order valence-corrected chi connectivity index (χ2v) is 9.12. The number of halogens is 3. The first-order chi connectivity index (χ1) is 15.3. The van der Waals surface area contributed by atoms with Gasteiger partial charge >= 0.3 is 6.18 Å². The fourth-order valence-electron chi connectivity index (χ4n) is 4.87. The van der Waals surface area contributed by atoms with Gasteiger partial charge in [0.1, 0.15) is 6.61 Å². The highest BCUT2D eigenvalue weighted by atomic mass is 19.4. The van der Waals surface area contributed by atoms with Crippen molar-refractivity contribution in [3.63, 3.8) is 0 Å². The largest absolute Gasteiger partial charge is 0.416 e. The highest BCUT2D eigenvalue weighted by Gasteiger charge is 2.31. The third-order valence-electron chi connectivity index (χ3n) is 6.88. The van der Waals surface area contributed by atoms with Gasteiger partial charge in [-0.25, -0.2) is 4.99 Å². The number of carbonyl (C=O) groups is 1. The normalized spacial score (nSPS) is 23.6. The molecule has 1 aliphatic carbocycles. The number of benzene rings is 1. The summed E-state index contributed by atoms with van der Waals surface area (Å²) in [5.41, 5.74) is 0.274. The second-order valence-electron chi connectivity index (χ2n) is 9.12. The van der Waals surface area contributed by atoms with Gasteiger partial charge < -0.3 is 9.64 Å². The summed E-state index contributed by atoms with van der Waals surface area (Å²) in [4.78, 5) is 18.1. The minimum Gasteiger partial charge on any atom is -0.372 e. The first-order valence-electron chi connectivity index (χ1n) is 11.9. The van der Waals surface area contributed by atoms with Crippen LogP contribution in [0.1, 0.15) is 68.9 Å². The molecule has 2 fully saturated rings. The number of carbonyl (C=O) groups excluding carboxylic acids is 1. The third-order valence-corrected chi connectivity index (χ3v) is 6.88. The van der Waals surface area contributed by atoms with Gasteiger partial charge in [-0.05, 0) is 101 Å². The molecule has 3 rings (SSSR count). The van der Waals surface area contributed by atoms with E-state index in [4.69, 9.17) is 4.74 Å². The zero-order valence-electron chi connectivity index (χ0n) is 18.9. The summed E-state index contributed by atoms with van der Waals surface area (Å²) in [6.07, 6.45) is 5.02. The zero-order valence-corrected chi connectivity index (χ0v) is 18.9. The summed E-state index contributed by atoms with van der Waals surface area (Å²) in [5, 5.41) is 0. The molecule has 0 unspecified atom stereocenters. The van der Waals surface area contributed by atoms with E-state index < -0.39 is 11.7 Å². The summed E-state index contributed by atoms with van der Waals surface area (Å²) in [6, 6.07) is 5.84. The Labute approximate surface area is 189 Å². The van der Waals surface area contributed by atoms with Gasteiger partial charge in [0.2, 0.25) is 0 Å². The van der Waals surface area contributed by atoms with E-state index in [0.717, 1.165) is 69.8 Å². The van der Waals surface area contributed by atoms with Gasteiger partial charge in [0.25, 0.3) is 5.91 Å². The van der Waals surface area contributed by atoms with Crippen LogP contribution >= 0.6 is 0 Å². The van der Waals surface area contributed by atoms with Crippen LogP contribution in [0, 0.1) is 11.8 Å². The van der Waals surface area contributed by atoms with Crippen LogP contribution in [-0.2, 0) is 15.7 Å². The summed E-state index contributed by atoms with van der Waals surface area (Å²) in [7, 11) is 0. The lowest BCUT2D eigenvalue weighted by atomic mass is 9.81. The Kier molecular flexibility index (Phi) is 9.29. The van der Waals surface area contributed by atoms with E-state index in [1.54, 1.807) is 0 Å². The van der Waals surface area contributed by atoms with Crippen LogP contribution in [0.3, 0.4) is 0 Å². The van der Waals surface area contributed by atoms with Crippen molar-refractivity contribution in [1.82, 2.24) is 4.90 Å². The van der Waals surface area contributed by atoms with Crippen molar-refractivity contribution in [1.29, 1.82) is 0 Å². The highest BCUT2D eigenvalue weighted by Crippen LogP contribution is 2.35. The van der Waals surface area contributed by atoms with Crippen molar-refractivity contribution in [3.8, 4) is 0 Å². The van der Waals surface area contributed by atoms with E-state index in [0.29, 0.717) is 18.4 Å². The topological polar surface area (TPSA) is 41.9 Å². The first kappa shape index (κ1) is 24.9. The number of likely N-dealkylation sites (tertiary alicyclic amines) is 1. The Morgan fingerprint density at radius 1 is 1.16 bits per heavy atom. The first-order valence-corrected chi connectivity index (χ1v) is 11.9. The Bertz CT molecular complexity index is 750. The van der Waals surface area contributed by atoms with Crippen molar-refractivity contribution in [3.05, 3.63) is 35.4 Å². The lowest BCUT2D eigenvalue weighted by Crippen LogP contribution is -2.34. The van der Waals surface area contributed by atoms with E-state index in [1.807, 2.05) is 19.2 Å². The molecule has 1 heterocycles. The molecule has 0 N–H and O–H groups in total. The number of hydrogen-bond acceptors (Lipinski definition) is 3. The van der Waals surface area contributed by atoms with Gasteiger partial charge in [-0.3, -0.25) is 4.79 Å². The number of nitrogens with zero attached hydrogens (tertiary/aromatic N) is 2. The summed E-state index contributed by atoms with van der Waals surface area (Å²) >= 11 is 0. The molecular formula is C25H35F3N2O2. The molecule has 4 nitrogen and oxygen atoms in total. The van der Waals surface area contributed by atoms with Crippen LogP contribution in [0.2, 0.25) is 0 Å². The van der Waals surface area contributed by atoms with E-state index in [2.05, 4.69) is 9.89 Å². The number of amides is 1. The van der Waals surface area contributed by atoms with E-state index in [9.17, 15) is 18.0 Å². The molecular weight excluding hydrogens is 417 g/mol. The van der Waals surface area contributed by atoms with Gasteiger partial charge in [-0.15, -0.1) is 0 Å². The van der Waals surface area contributed by atoms with E-state index in [1.165, 1.54) is 18.6 Å². The SMILES string of the molecule is CCOCC(=O)N=CC1CCC(CCN2CCC(c3cccc(C(F)(F)F)c3)CC2)CC1. The van der Waals surface area contributed by atoms with Crippen LogP contribution in [0.5, 0.6) is 0 Å². The average Bonchev–Trinajstić information content (AvgIpc) is 2.80. The average molecular weight is 453 g/mol. The maximum atomic E-state index is 13.0. The second kappa shape index (κ2) is 11.9. The Morgan fingerprint density at radius 3 is 2.53 bits per heavy atom. The number of piperidine rings is 1. The molecule has 0 aromatic heterocycles. The van der Waals surface area contributed by atoms with Gasteiger partial charge in [-0.1, -0.05) is 18.2 Å². The smallest absolute Gasteiger partial charge is 0.372 e. The minimum atomic E-state index is -4.28. The molecule has 0 radical (unpaired) electrons. The van der Waals surface area contributed by atoms with Crippen molar-refractivity contribution < 1.29 is 22.7 Å². The Hall–Kier alpha value is -1.73. The van der Waals surface area contributed by atoms with Gasteiger partial charge in [0, 0.05) is 12.8 Å². The Balaban J connectivity index is 1.35. The van der Waals surface area contributed by atoms with Crippen molar-refractivity contribution >= 4 is 12.1 Å². The van der Waals surface area contributed by atoms with Gasteiger partial charge in [-0.2, -0.15) is 13.2 Å². The molecule has 1 aliphatic heterocycles. The molecule has 0 spiro atoms. The number of aliphatic imine (C=N–C) groups is 1. The lowest BCUT2D eigenvalue weighted by molar-refractivity contribution is -0.137. The molecule has 1 aromatic carbocycles. The number of alkyl halides is 3. The third kappa shape index (κ3) is 7.69. The molecule has 7 heteroatoms.